The van der Waals surface area contributed by atoms with Crippen LogP contribution in [0.15, 0.2) is 84.6 Å². The number of imide groups is 1. The Kier molecular flexibility index (Phi) is 6.25. The first-order valence-electron chi connectivity index (χ1n) is 11.7. The Morgan fingerprint density at radius 3 is 2.11 bits per heavy atom. The van der Waals surface area contributed by atoms with Crippen LogP contribution in [0, 0.1) is 0 Å². The molecule has 178 valence electrons. The lowest BCUT2D eigenvalue weighted by Crippen LogP contribution is -2.44. The number of amides is 2. The van der Waals surface area contributed by atoms with Gasteiger partial charge < -0.3 is 19.9 Å². The first-order valence-corrected chi connectivity index (χ1v) is 11.7. The number of hydrogen-bond donors (Lipinski definition) is 1. The van der Waals surface area contributed by atoms with Gasteiger partial charge in [-0.25, -0.2) is 4.90 Å². The molecule has 0 unspecified atom stereocenters. The second-order valence-electron chi connectivity index (χ2n) is 8.70. The molecule has 5 rings (SSSR count). The Morgan fingerprint density at radius 2 is 1.43 bits per heavy atom. The SMILES string of the molecule is COc1ccccc1N1C(=O)C(Nc2ccc(N3CCN(C)CC3)cc2)=C(c2ccccc2)C1=O. The maximum atomic E-state index is 13.6. The molecule has 0 bridgehead atoms. The van der Waals surface area contributed by atoms with Crippen molar-refractivity contribution in [3.8, 4) is 5.75 Å². The zero-order valence-corrected chi connectivity index (χ0v) is 19.9. The first-order chi connectivity index (χ1) is 17.1. The minimum atomic E-state index is -0.415. The van der Waals surface area contributed by atoms with Crippen LogP contribution >= 0.6 is 0 Å². The summed E-state index contributed by atoms with van der Waals surface area (Å²) in [6.45, 7) is 4.02. The Labute approximate surface area is 205 Å². The lowest BCUT2D eigenvalue weighted by Gasteiger charge is -2.34. The van der Waals surface area contributed by atoms with Gasteiger partial charge in [0.15, 0.2) is 0 Å². The maximum Gasteiger partial charge on any atom is 0.282 e. The highest BCUT2D eigenvalue weighted by Crippen LogP contribution is 2.37. The van der Waals surface area contributed by atoms with Gasteiger partial charge in [-0.05, 0) is 49.0 Å². The van der Waals surface area contributed by atoms with Crippen LogP contribution in [0.2, 0.25) is 0 Å². The summed E-state index contributed by atoms with van der Waals surface area (Å²) in [4.78, 5) is 33.1. The fraction of sp³-hybridized carbons (Fsp3) is 0.214. The molecule has 0 aliphatic carbocycles. The smallest absolute Gasteiger partial charge is 0.282 e. The zero-order valence-electron chi connectivity index (χ0n) is 19.9. The molecular formula is C28H28N4O3. The zero-order chi connectivity index (χ0) is 24.4. The van der Waals surface area contributed by atoms with E-state index in [-0.39, 0.29) is 11.6 Å². The van der Waals surface area contributed by atoms with Crippen molar-refractivity contribution in [2.75, 3.05) is 55.5 Å². The summed E-state index contributed by atoms with van der Waals surface area (Å²) >= 11 is 0. The van der Waals surface area contributed by atoms with Crippen molar-refractivity contribution in [2.24, 2.45) is 0 Å². The van der Waals surface area contributed by atoms with Gasteiger partial charge in [-0.3, -0.25) is 9.59 Å². The average Bonchev–Trinajstić information content (AvgIpc) is 3.14. The molecule has 0 atom stereocenters. The van der Waals surface area contributed by atoms with Gasteiger partial charge in [-0.2, -0.15) is 0 Å². The normalized spacial score (nSPS) is 16.7. The minimum Gasteiger partial charge on any atom is -0.495 e. The molecule has 1 fully saturated rings. The largest absolute Gasteiger partial charge is 0.495 e. The summed E-state index contributed by atoms with van der Waals surface area (Å²) < 4.78 is 5.43. The number of benzene rings is 3. The predicted octanol–water partition coefficient (Wildman–Crippen LogP) is 3.84. The van der Waals surface area contributed by atoms with Gasteiger partial charge in [-0.1, -0.05) is 42.5 Å². The molecule has 35 heavy (non-hydrogen) atoms. The molecule has 0 radical (unpaired) electrons. The van der Waals surface area contributed by atoms with E-state index >= 15 is 0 Å². The van der Waals surface area contributed by atoms with Crippen LogP contribution in [0.1, 0.15) is 5.56 Å². The molecule has 0 saturated carbocycles. The molecule has 3 aromatic carbocycles. The molecule has 0 spiro atoms. The van der Waals surface area contributed by atoms with Crippen LogP contribution in [0.5, 0.6) is 5.75 Å². The van der Waals surface area contributed by atoms with E-state index in [9.17, 15) is 9.59 Å². The highest BCUT2D eigenvalue weighted by Gasteiger charge is 2.41. The number of carbonyl (C=O) groups excluding carboxylic acids is 2. The lowest BCUT2D eigenvalue weighted by molar-refractivity contribution is -0.120. The van der Waals surface area contributed by atoms with Crippen LogP contribution < -0.4 is 19.9 Å². The maximum absolute atomic E-state index is 13.6. The fourth-order valence-corrected chi connectivity index (χ4v) is 4.52. The summed E-state index contributed by atoms with van der Waals surface area (Å²) in [5.74, 6) is -0.344. The van der Waals surface area contributed by atoms with Gasteiger partial charge >= 0.3 is 0 Å². The molecule has 0 aromatic heterocycles. The predicted molar refractivity (Wildman–Crippen MR) is 139 cm³/mol. The number of nitrogens with zero attached hydrogens (tertiary/aromatic N) is 3. The molecule has 2 aliphatic rings. The van der Waals surface area contributed by atoms with Gasteiger partial charge in [-0.15, -0.1) is 0 Å². The Hall–Kier alpha value is -4.10. The molecule has 2 heterocycles. The van der Waals surface area contributed by atoms with Gasteiger partial charge in [0.05, 0.1) is 18.4 Å². The monoisotopic (exact) mass is 468 g/mol. The van der Waals surface area contributed by atoms with Crippen LogP contribution in [0.25, 0.3) is 5.57 Å². The number of likely N-dealkylation sites (N-methyl/N-ethyl adjacent to an activating group) is 1. The van der Waals surface area contributed by atoms with E-state index in [4.69, 9.17) is 4.74 Å². The van der Waals surface area contributed by atoms with Crippen molar-refractivity contribution in [3.05, 3.63) is 90.1 Å². The number of hydrogen-bond acceptors (Lipinski definition) is 6. The molecule has 3 aromatic rings. The number of piperazine rings is 1. The summed E-state index contributed by atoms with van der Waals surface area (Å²) in [7, 11) is 3.66. The number of anilines is 3. The third kappa shape index (κ3) is 4.38. The number of methoxy groups -OCH3 is 1. The number of rotatable bonds is 6. The minimum absolute atomic E-state index is 0.249. The van der Waals surface area contributed by atoms with E-state index in [0.29, 0.717) is 22.6 Å². The quantitative estimate of drug-likeness (QED) is 0.555. The van der Waals surface area contributed by atoms with Gasteiger partial charge in [0, 0.05) is 37.6 Å². The Bertz CT molecular complexity index is 1260. The summed E-state index contributed by atoms with van der Waals surface area (Å²) in [6, 6.07) is 24.3. The molecule has 7 heteroatoms. The van der Waals surface area contributed by atoms with Crippen molar-refractivity contribution < 1.29 is 14.3 Å². The third-order valence-corrected chi connectivity index (χ3v) is 6.48. The van der Waals surface area contributed by atoms with Crippen LogP contribution in [0.4, 0.5) is 17.1 Å². The van der Waals surface area contributed by atoms with E-state index in [2.05, 4.69) is 34.3 Å². The van der Waals surface area contributed by atoms with Crippen LogP contribution in [-0.2, 0) is 9.59 Å². The first kappa shape index (κ1) is 22.7. The van der Waals surface area contributed by atoms with E-state index in [1.54, 1.807) is 24.3 Å². The van der Waals surface area contributed by atoms with Gasteiger partial charge in [0.2, 0.25) is 0 Å². The standard InChI is InChI=1S/C28H28N4O3/c1-30-16-18-31(19-17-30)22-14-12-21(13-15-22)29-26-25(20-8-4-3-5-9-20)27(33)32(28(26)34)23-10-6-7-11-24(23)35-2/h3-15,29H,16-19H2,1-2H3. The molecule has 2 aliphatic heterocycles. The highest BCUT2D eigenvalue weighted by atomic mass is 16.5. The van der Waals surface area contributed by atoms with Crippen molar-refractivity contribution in [2.45, 2.75) is 0 Å². The van der Waals surface area contributed by atoms with E-state index in [0.717, 1.165) is 37.6 Å². The number of carbonyl (C=O) groups is 2. The van der Waals surface area contributed by atoms with Crippen LogP contribution in [0.3, 0.4) is 0 Å². The van der Waals surface area contributed by atoms with E-state index in [1.165, 1.54) is 12.0 Å². The molecule has 1 saturated heterocycles. The van der Waals surface area contributed by atoms with Crippen molar-refractivity contribution in [1.82, 2.24) is 4.90 Å². The van der Waals surface area contributed by atoms with Crippen molar-refractivity contribution >= 4 is 34.4 Å². The molecular weight excluding hydrogens is 440 g/mol. The van der Waals surface area contributed by atoms with Crippen molar-refractivity contribution in [1.29, 1.82) is 0 Å². The second kappa shape index (κ2) is 9.64. The summed E-state index contributed by atoms with van der Waals surface area (Å²) in [6.07, 6.45) is 0. The highest BCUT2D eigenvalue weighted by molar-refractivity contribution is 6.46. The number of ether oxygens (including phenoxy) is 1. The number of para-hydroxylation sites is 2. The molecule has 2 amide bonds. The molecule has 7 nitrogen and oxygen atoms in total. The third-order valence-electron chi connectivity index (χ3n) is 6.48. The summed E-state index contributed by atoms with van der Waals surface area (Å²) in [5, 5.41) is 3.24. The van der Waals surface area contributed by atoms with E-state index < -0.39 is 5.91 Å². The average molecular weight is 469 g/mol. The second-order valence-corrected chi connectivity index (χ2v) is 8.70. The topological polar surface area (TPSA) is 65.1 Å². The van der Waals surface area contributed by atoms with E-state index in [1.807, 2.05) is 42.5 Å². The number of nitrogens with one attached hydrogen (secondary N) is 1. The van der Waals surface area contributed by atoms with Gasteiger partial charge in [0.25, 0.3) is 11.8 Å². The lowest BCUT2D eigenvalue weighted by atomic mass is 10.0. The van der Waals surface area contributed by atoms with Crippen molar-refractivity contribution in [3.63, 3.8) is 0 Å². The fourth-order valence-electron chi connectivity index (χ4n) is 4.52. The Balaban J connectivity index is 1.48. The van der Waals surface area contributed by atoms with Crippen LogP contribution in [-0.4, -0.2) is 57.1 Å². The van der Waals surface area contributed by atoms with Gasteiger partial charge in [0.1, 0.15) is 11.4 Å². The Morgan fingerprint density at radius 1 is 0.771 bits per heavy atom. The molecule has 1 N–H and O–H groups in total. The summed E-state index contributed by atoms with van der Waals surface area (Å²) in [5.41, 5.74) is 3.57.